The first-order valence-corrected chi connectivity index (χ1v) is 6.48. The van der Waals surface area contributed by atoms with E-state index in [-0.39, 0.29) is 5.75 Å². The molecule has 0 atom stereocenters. The van der Waals surface area contributed by atoms with Gasteiger partial charge < -0.3 is 10.4 Å². The number of hydrogen-bond acceptors (Lipinski definition) is 4. The molecular formula is C14H10BrN3O. The summed E-state index contributed by atoms with van der Waals surface area (Å²) in [7, 11) is 0. The molecule has 1 aromatic heterocycles. The summed E-state index contributed by atoms with van der Waals surface area (Å²) >= 11 is 3.47. The number of anilines is 2. The van der Waals surface area contributed by atoms with Crippen molar-refractivity contribution >= 4 is 38.3 Å². The molecule has 5 heteroatoms. The van der Waals surface area contributed by atoms with Crippen LogP contribution < -0.4 is 5.32 Å². The van der Waals surface area contributed by atoms with Crippen LogP contribution in [0, 0.1) is 0 Å². The molecule has 0 aliphatic rings. The van der Waals surface area contributed by atoms with Crippen LogP contribution in [0.2, 0.25) is 0 Å². The topological polar surface area (TPSA) is 58.0 Å². The number of rotatable bonds is 2. The van der Waals surface area contributed by atoms with Gasteiger partial charge in [0.2, 0.25) is 0 Å². The molecular weight excluding hydrogens is 306 g/mol. The van der Waals surface area contributed by atoms with Crippen molar-refractivity contribution in [3.05, 3.63) is 53.3 Å². The summed E-state index contributed by atoms with van der Waals surface area (Å²) in [6.45, 7) is 0. The fraction of sp³-hybridized carbons (Fsp3) is 0. The van der Waals surface area contributed by atoms with Crippen molar-refractivity contribution in [1.82, 2.24) is 9.97 Å². The fourth-order valence-electron chi connectivity index (χ4n) is 1.83. The number of nitrogens with one attached hydrogen (secondary N) is 1. The summed E-state index contributed by atoms with van der Waals surface area (Å²) in [5.74, 6) is 0.970. The first kappa shape index (κ1) is 11.9. The third-order valence-electron chi connectivity index (χ3n) is 2.75. The monoisotopic (exact) mass is 315 g/mol. The molecule has 0 amide bonds. The zero-order valence-electron chi connectivity index (χ0n) is 9.84. The third kappa shape index (κ3) is 2.37. The van der Waals surface area contributed by atoms with Gasteiger partial charge in [0, 0.05) is 15.5 Å². The number of aromatic hydroxyl groups is 1. The Morgan fingerprint density at radius 3 is 2.58 bits per heavy atom. The quantitative estimate of drug-likeness (QED) is 0.705. The Kier molecular flexibility index (Phi) is 3.05. The molecule has 3 aromatic rings. The summed E-state index contributed by atoms with van der Waals surface area (Å²) in [6.07, 6.45) is 1.52. The van der Waals surface area contributed by atoms with Gasteiger partial charge in [0.1, 0.15) is 17.9 Å². The highest BCUT2D eigenvalue weighted by atomic mass is 79.9. The molecule has 3 rings (SSSR count). The van der Waals surface area contributed by atoms with Crippen LogP contribution in [0.15, 0.2) is 53.3 Å². The van der Waals surface area contributed by atoms with E-state index >= 15 is 0 Å². The maximum Gasteiger partial charge on any atom is 0.141 e. The minimum Gasteiger partial charge on any atom is -0.508 e. The van der Waals surface area contributed by atoms with E-state index in [2.05, 4.69) is 31.2 Å². The minimum absolute atomic E-state index is 0.237. The maximum absolute atomic E-state index is 9.27. The second-order valence-electron chi connectivity index (χ2n) is 4.03. The van der Waals surface area contributed by atoms with Crippen LogP contribution in [0.4, 0.5) is 11.5 Å². The van der Waals surface area contributed by atoms with Crippen LogP contribution in [-0.2, 0) is 0 Å². The van der Waals surface area contributed by atoms with Gasteiger partial charge in [-0.05, 0) is 52.3 Å². The van der Waals surface area contributed by atoms with Gasteiger partial charge in [0.25, 0.3) is 0 Å². The van der Waals surface area contributed by atoms with Crippen LogP contribution in [0.5, 0.6) is 5.75 Å². The van der Waals surface area contributed by atoms with Gasteiger partial charge in [0.15, 0.2) is 0 Å². The normalized spacial score (nSPS) is 10.6. The zero-order valence-corrected chi connectivity index (χ0v) is 11.4. The highest BCUT2D eigenvalue weighted by Crippen LogP contribution is 2.28. The lowest BCUT2D eigenvalue weighted by molar-refractivity contribution is 0.475. The molecule has 2 N–H and O–H groups in total. The fourth-order valence-corrected chi connectivity index (χ4v) is 2.30. The molecule has 19 heavy (non-hydrogen) atoms. The second kappa shape index (κ2) is 4.85. The van der Waals surface area contributed by atoms with Gasteiger partial charge >= 0.3 is 0 Å². The molecule has 2 aromatic carbocycles. The second-order valence-corrected chi connectivity index (χ2v) is 4.88. The van der Waals surface area contributed by atoms with Gasteiger partial charge in [-0.1, -0.05) is 6.07 Å². The Labute approximate surface area is 118 Å². The molecule has 0 fully saturated rings. The number of aromatic nitrogens is 2. The van der Waals surface area contributed by atoms with Crippen molar-refractivity contribution in [3.8, 4) is 5.75 Å². The molecule has 0 saturated heterocycles. The van der Waals surface area contributed by atoms with E-state index in [1.54, 1.807) is 24.3 Å². The molecule has 0 saturated carbocycles. The summed E-state index contributed by atoms with van der Waals surface area (Å²) < 4.78 is 0.932. The van der Waals surface area contributed by atoms with Crippen molar-refractivity contribution in [2.45, 2.75) is 0 Å². The molecule has 0 radical (unpaired) electrons. The van der Waals surface area contributed by atoms with E-state index in [4.69, 9.17) is 0 Å². The molecule has 94 valence electrons. The van der Waals surface area contributed by atoms with E-state index in [0.717, 1.165) is 26.9 Å². The summed E-state index contributed by atoms with van der Waals surface area (Å²) in [5.41, 5.74) is 1.72. The van der Waals surface area contributed by atoms with Crippen molar-refractivity contribution in [1.29, 1.82) is 0 Å². The highest BCUT2D eigenvalue weighted by Gasteiger charge is 2.06. The van der Waals surface area contributed by atoms with Crippen LogP contribution in [-0.4, -0.2) is 15.1 Å². The molecule has 0 unspecified atom stereocenters. The molecule has 0 spiro atoms. The molecule has 0 aliphatic heterocycles. The number of hydrogen-bond donors (Lipinski definition) is 2. The van der Waals surface area contributed by atoms with E-state index in [9.17, 15) is 5.11 Å². The molecule has 0 aliphatic carbocycles. The number of halogens is 1. The number of fused-ring (bicyclic) bond motifs is 1. The van der Waals surface area contributed by atoms with Crippen LogP contribution in [0.25, 0.3) is 10.9 Å². The Morgan fingerprint density at radius 2 is 1.79 bits per heavy atom. The lowest BCUT2D eigenvalue weighted by Gasteiger charge is -2.08. The lowest BCUT2D eigenvalue weighted by atomic mass is 10.2. The number of benzene rings is 2. The standard InChI is InChI=1S/C14H10BrN3O/c15-12-3-1-2-11-13(12)16-8-17-14(11)18-9-4-6-10(19)7-5-9/h1-8,19H,(H,16,17,18). The van der Waals surface area contributed by atoms with Crippen molar-refractivity contribution < 1.29 is 5.11 Å². The van der Waals surface area contributed by atoms with Gasteiger partial charge in [-0.25, -0.2) is 9.97 Å². The number of para-hydroxylation sites is 1. The Hall–Kier alpha value is -2.14. The Bertz CT molecular complexity index is 728. The highest BCUT2D eigenvalue weighted by molar-refractivity contribution is 9.10. The lowest BCUT2D eigenvalue weighted by Crippen LogP contribution is -1.95. The number of phenolic OH excluding ortho intramolecular Hbond substituents is 1. The molecule has 1 heterocycles. The van der Waals surface area contributed by atoms with Crippen molar-refractivity contribution in [2.75, 3.05) is 5.32 Å². The summed E-state index contributed by atoms with van der Waals surface area (Å²) in [5, 5.41) is 13.4. The van der Waals surface area contributed by atoms with Gasteiger partial charge in [0.05, 0.1) is 5.52 Å². The number of nitrogens with zero attached hydrogens (tertiary/aromatic N) is 2. The number of phenols is 1. The van der Waals surface area contributed by atoms with Gasteiger partial charge in [-0.15, -0.1) is 0 Å². The van der Waals surface area contributed by atoms with E-state index in [0.29, 0.717) is 0 Å². The molecule has 4 nitrogen and oxygen atoms in total. The Morgan fingerprint density at radius 1 is 1.00 bits per heavy atom. The predicted molar refractivity (Wildman–Crippen MR) is 78.6 cm³/mol. The average molecular weight is 316 g/mol. The summed E-state index contributed by atoms with van der Waals surface area (Å²) in [6, 6.07) is 12.7. The largest absolute Gasteiger partial charge is 0.508 e. The predicted octanol–water partition coefficient (Wildman–Crippen LogP) is 3.84. The van der Waals surface area contributed by atoms with E-state index in [1.165, 1.54) is 6.33 Å². The van der Waals surface area contributed by atoms with Crippen molar-refractivity contribution in [2.24, 2.45) is 0 Å². The van der Waals surface area contributed by atoms with E-state index < -0.39 is 0 Å². The SMILES string of the molecule is Oc1ccc(Nc2ncnc3c(Br)cccc23)cc1. The first-order chi connectivity index (χ1) is 9.24. The maximum atomic E-state index is 9.27. The average Bonchev–Trinajstić information content (AvgIpc) is 2.43. The zero-order chi connectivity index (χ0) is 13.2. The Balaban J connectivity index is 2.06. The van der Waals surface area contributed by atoms with E-state index in [1.807, 2.05) is 18.2 Å². The summed E-state index contributed by atoms with van der Waals surface area (Å²) in [4.78, 5) is 8.52. The smallest absolute Gasteiger partial charge is 0.141 e. The molecule has 0 bridgehead atoms. The van der Waals surface area contributed by atoms with Crippen LogP contribution in [0.3, 0.4) is 0 Å². The minimum atomic E-state index is 0.237. The van der Waals surface area contributed by atoms with Crippen molar-refractivity contribution in [3.63, 3.8) is 0 Å². The van der Waals surface area contributed by atoms with Crippen LogP contribution in [0.1, 0.15) is 0 Å². The van der Waals surface area contributed by atoms with Crippen LogP contribution >= 0.6 is 15.9 Å². The third-order valence-corrected chi connectivity index (χ3v) is 3.39. The van der Waals surface area contributed by atoms with Gasteiger partial charge in [-0.2, -0.15) is 0 Å². The first-order valence-electron chi connectivity index (χ1n) is 5.69. The van der Waals surface area contributed by atoms with Gasteiger partial charge in [-0.3, -0.25) is 0 Å².